The highest BCUT2D eigenvalue weighted by Crippen LogP contribution is 2.23. The van der Waals surface area contributed by atoms with E-state index in [0.717, 1.165) is 36.0 Å². The molecule has 0 saturated heterocycles. The van der Waals surface area contributed by atoms with Crippen molar-refractivity contribution >= 4 is 18.4 Å². The number of anilines is 1. The number of nitrogens with zero attached hydrogens (tertiary/aromatic N) is 3. The quantitative estimate of drug-likeness (QED) is 0.867. The molecule has 0 fully saturated rings. The molecule has 2 rings (SSSR count). The van der Waals surface area contributed by atoms with Gasteiger partial charge in [-0.25, -0.2) is 9.97 Å². The van der Waals surface area contributed by atoms with Crippen LogP contribution in [0, 0.1) is 0 Å². The molecule has 0 spiro atoms. The van der Waals surface area contributed by atoms with E-state index in [4.69, 9.17) is 10.7 Å². The summed E-state index contributed by atoms with van der Waals surface area (Å²) in [5, 5.41) is 0. The fourth-order valence-corrected chi connectivity index (χ4v) is 2.42. The molecule has 23 heavy (non-hydrogen) atoms. The van der Waals surface area contributed by atoms with Crippen LogP contribution < -0.4 is 10.6 Å². The molecule has 0 atom stereocenters. The summed E-state index contributed by atoms with van der Waals surface area (Å²) in [4.78, 5) is 11.4. The summed E-state index contributed by atoms with van der Waals surface area (Å²) in [6.45, 7) is 10.8. The Morgan fingerprint density at radius 3 is 2.13 bits per heavy atom. The van der Waals surface area contributed by atoms with E-state index >= 15 is 0 Å². The van der Waals surface area contributed by atoms with E-state index < -0.39 is 0 Å². The topological polar surface area (TPSA) is 55.0 Å². The van der Waals surface area contributed by atoms with Crippen LogP contribution in [-0.4, -0.2) is 23.1 Å². The van der Waals surface area contributed by atoms with Crippen molar-refractivity contribution in [2.45, 2.75) is 40.2 Å². The maximum absolute atomic E-state index is 5.80. The number of benzene rings is 1. The van der Waals surface area contributed by atoms with Crippen molar-refractivity contribution in [3.05, 3.63) is 41.6 Å². The van der Waals surface area contributed by atoms with Crippen molar-refractivity contribution in [3.63, 3.8) is 0 Å². The van der Waals surface area contributed by atoms with E-state index in [2.05, 4.69) is 61.8 Å². The Bertz CT molecular complexity index is 607. The standard InChI is InChI=1S/C18H26N4.ClH/c1-5-22(6-2)18-20-16(12-19)11-17(21-18)15-9-7-14(8-10-15)13(3)4;/h7-11,13H,5-6,12,19H2,1-4H3;1H. The number of aromatic nitrogens is 2. The minimum atomic E-state index is 0. The van der Waals surface area contributed by atoms with Gasteiger partial charge in [0.25, 0.3) is 0 Å². The summed E-state index contributed by atoms with van der Waals surface area (Å²) in [6.07, 6.45) is 0. The third-order valence-corrected chi connectivity index (χ3v) is 3.90. The smallest absolute Gasteiger partial charge is 0.226 e. The summed E-state index contributed by atoms with van der Waals surface area (Å²) in [7, 11) is 0. The Hall–Kier alpha value is -1.65. The Labute approximate surface area is 145 Å². The van der Waals surface area contributed by atoms with Crippen LogP contribution in [-0.2, 0) is 6.54 Å². The highest BCUT2D eigenvalue weighted by atomic mass is 35.5. The Morgan fingerprint density at radius 1 is 1.04 bits per heavy atom. The van der Waals surface area contributed by atoms with Crippen LogP contribution in [0.4, 0.5) is 5.95 Å². The van der Waals surface area contributed by atoms with Gasteiger partial charge in [0.15, 0.2) is 0 Å². The average molecular weight is 335 g/mol. The van der Waals surface area contributed by atoms with Gasteiger partial charge >= 0.3 is 0 Å². The first-order valence-corrected chi connectivity index (χ1v) is 8.02. The summed E-state index contributed by atoms with van der Waals surface area (Å²) in [6, 6.07) is 10.6. The second kappa shape index (κ2) is 8.85. The molecule has 2 aromatic rings. The fraction of sp³-hybridized carbons (Fsp3) is 0.444. The molecule has 0 aliphatic carbocycles. The van der Waals surface area contributed by atoms with Crippen molar-refractivity contribution < 1.29 is 0 Å². The SMILES string of the molecule is CCN(CC)c1nc(CN)cc(-c2ccc(C(C)C)cc2)n1.Cl. The lowest BCUT2D eigenvalue weighted by Crippen LogP contribution is -2.25. The van der Waals surface area contributed by atoms with E-state index in [0.29, 0.717) is 12.5 Å². The molecule has 2 N–H and O–H groups in total. The molecule has 0 unspecified atom stereocenters. The van der Waals surface area contributed by atoms with Gasteiger partial charge in [-0.3, -0.25) is 0 Å². The van der Waals surface area contributed by atoms with Crippen LogP contribution in [0.1, 0.15) is 44.9 Å². The Balaban J connectivity index is 0.00000264. The third-order valence-electron chi connectivity index (χ3n) is 3.90. The maximum Gasteiger partial charge on any atom is 0.226 e. The molecule has 4 nitrogen and oxygen atoms in total. The first-order chi connectivity index (χ1) is 10.6. The van der Waals surface area contributed by atoms with Gasteiger partial charge in [0.2, 0.25) is 5.95 Å². The first kappa shape index (κ1) is 19.4. The van der Waals surface area contributed by atoms with Crippen LogP contribution in [0.3, 0.4) is 0 Å². The predicted molar refractivity (Wildman–Crippen MR) is 100 cm³/mol. The van der Waals surface area contributed by atoms with Gasteiger partial charge in [0.1, 0.15) is 0 Å². The molecule has 0 radical (unpaired) electrons. The first-order valence-electron chi connectivity index (χ1n) is 8.02. The normalized spacial score (nSPS) is 10.5. The molecule has 1 aromatic carbocycles. The lowest BCUT2D eigenvalue weighted by atomic mass is 10.0. The monoisotopic (exact) mass is 334 g/mol. The van der Waals surface area contributed by atoms with E-state index in [1.54, 1.807) is 0 Å². The van der Waals surface area contributed by atoms with Crippen LogP contribution in [0.15, 0.2) is 30.3 Å². The van der Waals surface area contributed by atoms with E-state index in [-0.39, 0.29) is 12.4 Å². The van der Waals surface area contributed by atoms with Crippen LogP contribution in [0.2, 0.25) is 0 Å². The molecule has 0 amide bonds. The van der Waals surface area contributed by atoms with Crippen LogP contribution >= 0.6 is 12.4 Å². The van der Waals surface area contributed by atoms with Crippen LogP contribution in [0.25, 0.3) is 11.3 Å². The molecular weight excluding hydrogens is 308 g/mol. The molecule has 5 heteroatoms. The van der Waals surface area contributed by atoms with E-state index in [1.807, 2.05) is 6.07 Å². The average Bonchev–Trinajstić information content (AvgIpc) is 2.55. The minimum Gasteiger partial charge on any atom is -0.341 e. The number of nitrogens with two attached hydrogens (primary N) is 1. The molecular formula is C18H27ClN4. The highest BCUT2D eigenvalue weighted by molar-refractivity contribution is 5.85. The second-order valence-electron chi connectivity index (χ2n) is 5.70. The highest BCUT2D eigenvalue weighted by Gasteiger charge is 2.11. The Kier molecular flexibility index (Phi) is 7.46. The van der Waals surface area contributed by atoms with E-state index in [9.17, 15) is 0 Å². The van der Waals surface area contributed by atoms with Crippen molar-refractivity contribution in [2.75, 3.05) is 18.0 Å². The summed E-state index contributed by atoms with van der Waals surface area (Å²) in [5.74, 6) is 1.29. The van der Waals surface area contributed by atoms with Crippen molar-refractivity contribution in [1.29, 1.82) is 0 Å². The van der Waals surface area contributed by atoms with Crippen LogP contribution in [0.5, 0.6) is 0 Å². The second-order valence-corrected chi connectivity index (χ2v) is 5.70. The van der Waals surface area contributed by atoms with Gasteiger partial charge in [0.05, 0.1) is 11.4 Å². The lowest BCUT2D eigenvalue weighted by Gasteiger charge is -2.20. The number of hydrogen-bond acceptors (Lipinski definition) is 4. The largest absolute Gasteiger partial charge is 0.341 e. The zero-order valence-corrected chi connectivity index (χ0v) is 15.2. The number of hydrogen-bond donors (Lipinski definition) is 1. The zero-order chi connectivity index (χ0) is 16.1. The summed E-state index contributed by atoms with van der Waals surface area (Å²) < 4.78 is 0. The van der Waals surface area contributed by atoms with Crippen molar-refractivity contribution in [3.8, 4) is 11.3 Å². The van der Waals surface area contributed by atoms with Crippen molar-refractivity contribution in [2.24, 2.45) is 5.73 Å². The maximum atomic E-state index is 5.80. The Morgan fingerprint density at radius 2 is 1.65 bits per heavy atom. The van der Waals surface area contributed by atoms with Gasteiger partial charge in [-0.05, 0) is 31.4 Å². The van der Waals surface area contributed by atoms with Gasteiger partial charge < -0.3 is 10.6 Å². The molecule has 1 heterocycles. The minimum absolute atomic E-state index is 0. The molecule has 126 valence electrons. The van der Waals surface area contributed by atoms with Gasteiger partial charge in [-0.2, -0.15) is 0 Å². The van der Waals surface area contributed by atoms with E-state index in [1.165, 1.54) is 5.56 Å². The predicted octanol–water partition coefficient (Wildman–Crippen LogP) is 3.99. The van der Waals surface area contributed by atoms with Gasteiger partial charge in [-0.1, -0.05) is 38.1 Å². The zero-order valence-electron chi connectivity index (χ0n) is 14.4. The number of halogens is 1. The summed E-state index contributed by atoms with van der Waals surface area (Å²) in [5.41, 5.74) is 10.1. The molecule has 0 saturated carbocycles. The third kappa shape index (κ3) is 4.66. The van der Waals surface area contributed by atoms with Gasteiger partial charge in [0, 0.05) is 25.2 Å². The van der Waals surface area contributed by atoms with Gasteiger partial charge in [-0.15, -0.1) is 12.4 Å². The molecule has 0 aliphatic rings. The molecule has 0 bridgehead atoms. The van der Waals surface area contributed by atoms with Crippen molar-refractivity contribution in [1.82, 2.24) is 9.97 Å². The molecule has 0 aliphatic heterocycles. The lowest BCUT2D eigenvalue weighted by molar-refractivity contribution is 0.809. The summed E-state index contributed by atoms with van der Waals surface area (Å²) >= 11 is 0. The fourth-order valence-electron chi connectivity index (χ4n) is 2.42. The number of rotatable bonds is 6. The molecule has 1 aromatic heterocycles.